The number of amides is 2. The summed E-state index contributed by atoms with van der Waals surface area (Å²) in [6.07, 6.45) is 0. The zero-order valence-corrected chi connectivity index (χ0v) is 17.3. The fourth-order valence-corrected chi connectivity index (χ4v) is 3.40. The summed E-state index contributed by atoms with van der Waals surface area (Å²) in [5, 5.41) is 16.3. The minimum Gasteiger partial charge on any atom is -0.497 e. The minimum atomic E-state index is -0.521. The van der Waals surface area contributed by atoms with Gasteiger partial charge in [-0.2, -0.15) is 0 Å². The van der Waals surface area contributed by atoms with Crippen LogP contribution < -0.4 is 15.4 Å². The summed E-state index contributed by atoms with van der Waals surface area (Å²) in [4.78, 5) is 35.6. The van der Waals surface area contributed by atoms with Gasteiger partial charge in [-0.25, -0.2) is 0 Å². The van der Waals surface area contributed by atoms with Crippen molar-refractivity contribution in [2.45, 2.75) is 4.90 Å². The summed E-state index contributed by atoms with van der Waals surface area (Å²) in [6, 6.07) is 19.5. The Kier molecular flexibility index (Phi) is 7.23. The number of nitro benzene ring substituents is 1. The average molecular weight is 437 g/mol. The van der Waals surface area contributed by atoms with Gasteiger partial charge in [0.1, 0.15) is 5.75 Å². The second kappa shape index (κ2) is 10.3. The van der Waals surface area contributed by atoms with Gasteiger partial charge in [-0.15, -0.1) is 11.8 Å². The predicted octanol–water partition coefficient (Wildman–Crippen LogP) is 4.59. The topological polar surface area (TPSA) is 111 Å². The van der Waals surface area contributed by atoms with E-state index in [0.717, 1.165) is 4.90 Å². The molecular weight excluding hydrogens is 418 g/mol. The molecule has 0 fully saturated rings. The van der Waals surface area contributed by atoms with E-state index in [1.165, 1.54) is 36.0 Å². The van der Waals surface area contributed by atoms with E-state index in [4.69, 9.17) is 4.74 Å². The Morgan fingerprint density at radius 3 is 2.32 bits per heavy atom. The molecular formula is C22H19N3O5S. The van der Waals surface area contributed by atoms with Crippen molar-refractivity contribution in [3.63, 3.8) is 0 Å². The fraction of sp³-hybridized carbons (Fsp3) is 0.0909. The number of non-ortho nitro benzene ring substituents is 1. The van der Waals surface area contributed by atoms with Crippen molar-refractivity contribution in [2.75, 3.05) is 23.5 Å². The Balaban J connectivity index is 1.56. The number of nitro groups is 1. The molecule has 158 valence electrons. The number of nitrogens with zero attached hydrogens (tertiary/aromatic N) is 1. The van der Waals surface area contributed by atoms with Crippen molar-refractivity contribution in [3.8, 4) is 5.75 Å². The summed E-state index contributed by atoms with van der Waals surface area (Å²) < 4.78 is 5.14. The highest BCUT2D eigenvalue weighted by Gasteiger charge is 2.10. The molecule has 3 aromatic rings. The quantitative estimate of drug-likeness (QED) is 0.303. The lowest BCUT2D eigenvalue weighted by molar-refractivity contribution is -0.384. The monoisotopic (exact) mass is 437 g/mol. The molecule has 0 unspecified atom stereocenters. The van der Waals surface area contributed by atoms with Gasteiger partial charge < -0.3 is 15.4 Å². The summed E-state index contributed by atoms with van der Waals surface area (Å²) in [5.74, 6) is 0.296. The number of carbonyl (C=O) groups is 2. The van der Waals surface area contributed by atoms with Gasteiger partial charge >= 0.3 is 0 Å². The van der Waals surface area contributed by atoms with Crippen LogP contribution in [-0.4, -0.2) is 29.6 Å². The van der Waals surface area contributed by atoms with Gasteiger partial charge in [0, 0.05) is 40.0 Å². The molecule has 0 atom stereocenters. The third kappa shape index (κ3) is 6.31. The van der Waals surface area contributed by atoms with E-state index in [-0.39, 0.29) is 23.3 Å². The smallest absolute Gasteiger partial charge is 0.269 e. The van der Waals surface area contributed by atoms with Crippen molar-refractivity contribution >= 4 is 40.6 Å². The van der Waals surface area contributed by atoms with Crippen LogP contribution in [0.5, 0.6) is 5.75 Å². The number of carbonyl (C=O) groups excluding carboxylic acids is 2. The number of hydrogen-bond donors (Lipinski definition) is 2. The normalized spacial score (nSPS) is 10.2. The van der Waals surface area contributed by atoms with Gasteiger partial charge in [0.15, 0.2) is 0 Å². The summed E-state index contributed by atoms with van der Waals surface area (Å²) in [7, 11) is 1.56. The van der Waals surface area contributed by atoms with Crippen LogP contribution in [0, 0.1) is 10.1 Å². The Labute approximate surface area is 182 Å². The molecule has 0 saturated heterocycles. The first-order valence-corrected chi connectivity index (χ1v) is 10.2. The molecule has 3 rings (SSSR count). The predicted molar refractivity (Wildman–Crippen MR) is 120 cm³/mol. The fourth-order valence-electron chi connectivity index (χ4n) is 2.65. The SMILES string of the molecule is COc1cccc(NC(=O)CSc2cccc(NC(=O)c3ccc([N+](=O)[O-])cc3)c2)c1. The highest BCUT2D eigenvalue weighted by molar-refractivity contribution is 8.00. The number of ether oxygens (including phenoxy) is 1. The number of rotatable bonds is 8. The van der Waals surface area contributed by atoms with Crippen molar-refractivity contribution in [2.24, 2.45) is 0 Å². The molecule has 8 nitrogen and oxygen atoms in total. The number of thioether (sulfide) groups is 1. The van der Waals surface area contributed by atoms with Crippen molar-refractivity contribution in [3.05, 3.63) is 88.5 Å². The molecule has 9 heteroatoms. The molecule has 31 heavy (non-hydrogen) atoms. The van der Waals surface area contributed by atoms with Gasteiger partial charge in [-0.05, 0) is 42.5 Å². The van der Waals surface area contributed by atoms with Crippen LogP contribution in [0.1, 0.15) is 10.4 Å². The molecule has 2 amide bonds. The van der Waals surface area contributed by atoms with Crippen molar-refractivity contribution in [1.29, 1.82) is 0 Å². The highest BCUT2D eigenvalue weighted by Crippen LogP contribution is 2.23. The molecule has 0 aliphatic rings. The van der Waals surface area contributed by atoms with Gasteiger partial charge in [0.25, 0.3) is 11.6 Å². The molecule has 0 aliphatic heterocycles. The molecule has 0 spiro atoms. The summed E-state index contributed by atoms with van der Waals surface area (Å²) >= 11 is 1.33. The van der Waals surface area contributed by atoms with E-state index in [9.17, 15) is 19.7 Å². The van der Waals surface area contributed by atoms with Gasteiger partial charge in [-0.1, -0.05) is 12.1 Å². The highest BCUT2D eigenvalue weighted by atomic mass is 32.2. The summed E-state index contributed by atoms with van der Waals surface area (Å²) in [5.41, 5.74) is 1.43. The van der Waals surface area contributed by atoms with Crippen LogP contribution in [0.4, 0.5) is 17.1 Å². The maximum absolute atomic E-state index is 12.4. The van der Waals surface area contributed by atoms with Crippen LogP contribution in [0.15, 0.2) is 77.7 Å². The van der Waals surface area contributed by atoms with Gasteiger partial charge in [0.2, 0.25) is 5.91 Å². The zero-order chi connectivity index (χ0) is 22.2. The number of hydrogen-bond acceptors (Lipinski definition) is 6. The molecule has 0 saturated carbocycles. The molecule has 0 bridgehead atoms. The van der Waals surface area contributed by atoms with E-state index in [1.54, 1.807) is 49.6 Å². The lowest BCUT2D eigenvalue weighted by atomic mass is 10.2. The van der Waals surface area contributed by atoms with E-state index < -0.39 is 4.92 Å². The van der Waals surface area contributed by atoms with Crippen molar-refractivity contribution < 1.29 is 19.2 Å². The third-order valence-corrected chi connectivity index (χ3v) is 5.15. The van der Waals surface area contributed by atoms with Crippen molar-refractivity contribution in [1.82, 2.24) is 0 Å². The number of methoxy groups -OCH3 is 1. The van der Waals surface area contributed by atoms with Gasteiger partial charge in [-0.3, -0.25) is 19.7 Å². The van der Waals surface area contributed by atoms with E-state index in [0.29, 0.717) is 22.7 Å². The zero-order valence-electron chi connectivity index (χ0n) is 16.5. The molecule has 3 aromatic carbocycles. The number of benzene rings is 3. The standard InChI is InChI=1S/C22H19N3O5S/c1-30-19-6-2-4-16(12-19)23-21(26)14-31-20-7-3-5-17(13-20)24-22(27)15-8-10-18(11-9-15)25(28)29/h2-13H,14H2,1H3,(H,23,26)(H,24,27). The number of nitrogens with one attached hydrogen (secondary N) is 2. The second-order valence-corrected chi connectivity index (χ2v) is 7.40. The molecule has 0 aliphatic carbocycles. The Hall–Kier alpha value is -3.85. The van der Waals surface area contributed by atoms with Crippen LogP contribution >= 0.6 is 11.8 Å². The molecule has 0 radical (unpaired) electrons. The second-order valence-electron chi connectivity index (χ2n) is 6.35. The van der Waals surface area contributed by atoms with Crippen LogP contribution in [0.2, 0.25) is 0 Å². The first-order valence-electron chi connectivity index (χ1n) is 9.17. The van der Waals surface area contributed by atoms with Crippen LogP contribution in [0.25, 0.3) is 0 Å². The average Bonchev–Trinajstić information content (AvgIpc) is 2.78. The first kappa shape index (κ1) is 21.8. The Morgan fingerprint density at radius 1 is 0.968 bits per heavy atom. The number of anilines is 2. The summed E-state index contributed by atoms with van der Waals surface area (Å²) in [6.45, 7) is 0. The molecule has 2 N–H and O–H groups in total. The lowest BCUT2D eigenvalue weighted by Crippen LogP contribution is -2.14. The maximum Gasteiger partial charge on any atom is 0.269 e. The Morgan fingerprint density at radius 2 is 1.65 bits per heavy atom. The van der Waals surface area contributed by atoms with Crippen LogP contribution in [0.3, 0.4) is 0 Å². The first-order chi connectivity index (χ1) is 14.9. The largest absolute Gasteiger partial charge is 0.497 e. The van der Waals surface area contributed by atoms with Crippen LogP contribution in [-0.2, 0) is 4.79 Å². The Bertz CT molecular complexity index is 1100. The molecule has 0 heterocycles. The van der Waals surface area contributed by atoms with Gasteiger partial charge in [0.05, 0.1) is 17.8 Å². The lowest BCUT2D eigenvalue weighted by Gasteiger charge is -2.09. The van der Waals surface area contributed by atoms with E-state index >= 15 is 0 Å². The maximum atomic E-state index is 12.4. The third-order valence-electron chi connectivity index (χ3n) is 4.16. The van der Waals surface area contributed by atoms with E-state index in [1.807, 2.05) is 6.07 Å². The molecule has 0 aromatic heterocycles. The van der Waals surface area contributed by atoms with E-state index in [2.05, 4.69) is 10.6 Å². The minimum absolute atomic E-state index is 0.0813.